The molecule has 0 spiro atoms. The minimum atomic E-state index is -1.79. The van der Waals surface area contributed by atoms with Crippen molar-refractivity contribution in [3.8, 4) is 5.75 Å². The molecule has 0 aliphatic heterocycles. The van der Waals surface area contributed by atoms with E-state index < -0.39 is 31.0 Å². The first-order valence-electron chi connectivity index (χ1n) is 6.91. The van der Waals surface area contributed by atoms with Gasteiger partial charge in [-0.25, -0.2) is 0 Å². The molecule has 0 saturated carbocycles. The Kier molecular flexibility index (Phi) is 10.2. The van der Waals surface area contributed by atoms with Crippen molar-refractivity contribution in [3.63, 3.8) is 0 Å². The number of aldehydes is 1. The Morgan fingerprint density at radius 2 is 1.67 bits per heavy atom. The fourth-order valence-corrected chi connectivity index (χ4v) is 1.62. The molecule has 0 amide bonds. The Morgan fingerprint density at radius 3 is 2.08 bits per heavy atom. The molecule has 1 aromatic heterocycles. The van der Waals surface area contributed by atoms with Crippen LogP contribution in [0.4, 0.5) is 0 Å². The highest BCUT2D eigenvalue weighted by Gasteiger charge is 2.29. The van der Waals surface area contributed by atoms with Crippen molar-refractivity contribution in [1.82, 2.24) is 4.98 Å². The predicted molar refractivity (Wildman–Crippen MR) is 79.7 cm³/mol. The Morgan fingerprint density at radius 1 is 1.08 bits per heavy atom. The van der Waals surface area contributed by atoms with E-state index in [-0.39, 0.29) is 25.2 Å². The van der Waals surface area contributed by atoms with Crippen LogP contribution in [0.5, 0.6) is 5.75 Å². The van der Waals surface area contributed by atoms with E-state index in [1.807, 2.05) is 0 Å². The maximum atomic E-state index is 9.90. The second-order valence-corrected chi connectivity index (χ2v) is 4.87. The summed E-state index contributed by atoms with van der Waals surface area (Å²) >= 11 is 0. The quantitative estimate of drug-likeness (QED) is 0.231. The number of aliphatic hydroxyl groups excluding tert-OH is 7. The van der Waals surface area contributed by atoms with Gasteiger partial charge >= 0.3 is 0 Å². The smallest absolute Gasteiger partial charge is 0.151 e. The second kappa shape index (κ2) is 11.0. The number of carbonyl (C=O) groups is 1. The van der Waals surface area contributed by atoms with E-state index in [9.17, 15) is 9.90 Å². The van der Waals surface area contributed by atoms with Gasteiger partial charge in [-0.1, -0.05) is 0 Å². The van der Waals surface area contributed by atoms with Gasteiger partial charge < -0.3 is 45.6 Å². The summed E-state index contributed by atoms with van der Waals surface area (Å²) in [6.45, 7) is 0.362. The zero-order valence-electron chi connectivity index (χ0n) is 13.0. The molecule has 0 aromatic carbocycles. The largest absolute Gasteiger partial charge is 0.506 e. The number of carbonyl (C=O) groups excluding carboxylic acids is 1. The van der Waals surface area contributed by atoms with Gasteiger partial charge in [0, 0.05) is 17.3 Å². The predicted octanol–water partition coefficient (Wildman–Crippen LogP) is -3.30. The fraction of sp³-hybridized carbons (Fsp3) is 0.571. The van der Waals surface area contributed by atoms with Crippen LogP contribution in [0.1, 0.15) is 16.8 Å². The molecule has 0 aliphatic rings. The molecule has 10 nitrogen and oxygen atoms in total. The van der Waals surface area contributed by atoms with Crippen LogP contribution in [0.25, 0.3) is 0 Å². The summed E-state index contributed by atoms with van der Waals surface area (Å²) in [4.78, 5) is 13.7. The van der Waals surface area contributed by atoms with Crippen molar-refractivity contribution in [1.29, 1.82) is 0 Å². The lowest BCUT2D eigenvalue weighted by molar-refractivity contribution is -0.136. The number of aryl methyl sites for hydroxylation is 1. The summed E-state index contributed by atoms with van der Waals surface area (Å²) in [6.07, 6.45) is -5.39. The average Bonchev–Trinajstić information content (AvgIpc) is 2.61. The summed E-state index contributed by atoms with van der Waals surface area (Å²) in [5, 5.41) is 70.6. The first-order valence-corrected chi connectivity index (χ1v) is 6.91. The maximum absolute atomic E-state index is 9.90. The third kappa shape index (κ3) is 6.09. The number of hydrogen-bond acceptors (Lipinski definition) is 10. The zero-order valence-corrected chi connectivity index (χ0v) is 13.0. The third-order valence-corrected chi connectivity index (χ3v) is 3.18. The van der Waals surface area contributed by atoms with Gasteiger partial charge in [0.15, 0.2) is 6.29 Å². The normalized spacial score (nSPS) is 15.7. The van der Waals surface area contributed by atoms with Crippen LogP contribution in [0, 0.1) is 6.92 Å². The van der Waals surface area contributed by atoms with Gasteiger partial charge in [0.2, 0.25) is 0 Å². The zero-order chi connectivity index (χ0) is 18.9. The van der Waals surface area contributed by atoms with Crippen LogP contribution < -0.4 is 0 Å². The van der Waals surface area contributed by atoms with Crippen LogP contribution in [0.2, 0.25) is 0 Å². The SMILES string of the molecule is Cc1ncc(CO)c(CO)c1O.O=C[C@H](O)[C@@H](O)[C@H](O)[C@H](O)CO. The van der Waals surface area contributed by atoms with Crippen LogP contribution in [-0.4, -0.2) is 83.1 Å². The van der Waals surface area contributed by atoms with Crippen molar-refractivity contribution < 1.29 is 45.6 Å². The van der Waals surface area contributed by atoms with Crippen molar-refractivity contribution >= 4 is 6.29 Å². The number of aromatic nitrogens is 1. The molecule has 24 heavy (non-hydrogen) atoms. The van der Waals surface area contributed by atoms with E-state index in [1.54, 1.807) is 6.92 Å². The molecule has 138 valence electrons. The number of aliphatic hydroxyl groups is 7. The molecule has 0 saturated heterocycles. The Bertz CT molecular complexity index is 511. The monoisotopic (exact) mass is 349 g/mol. The lowest BCUT2D eigenvalue weighted by Gasteiger charge is -2.22. The Balaban J connectivity index is 0.000000441. The highest BCUT2D eigenvalue weighted by atomic mass is 16.4. The van der Waals surface area contributed by atoms with Gasteiger partial charge in [-0.2, -0.15) is 0 Å². The minimum absolute atomic E-state index is 0.0258. The molecule has 0 unspecified atom stereocenters. The van der Waals surface area contributed by atoms with Gasteiger partial charge in [-0.3, -0.25) is 4.98 Å². The first-order chi connectivity index (χ1) is 11.2. The van der Waals surface area contributed by atoms with Gasteiger partial charge in [-0.15, -0.1) is 0 Å². The van der Waals surface area contributed by atoms with Gasteiger partial charge in [0.1, 0.15) is 30.2 Å². The van der Waals surface area contributed by atoms with Crippen LogP contribution in [0.15, 0.2) is 6.20 Å². The summed E-state index contributed by atoms with van der Waals surface area (Å²) in [5.74, 6) is -0.0379. The lowest BCUT2D eigenvalue weighted by Crippen LogP contribution is -2.46. The van der Waals surface area contributed by atoms with Crippen molar-refractivity contribution in [2.24, 2.45) is 0 Å². The molecular weight excluding hydrogens is 326 g/mol. The summed E-state index contributed by atoms with van der Waals surface area (Å²) < 4.78 is 0. The highest BCUT2D eigenvalue weighted by molar-refractivity contribution is 5.56. The standard InChI is InChI=1S/C8H11NO3.C6H12O6/c1-5-8(12)7(4-11)6(3-10)2-9-5;7-1-3(9)5(11)6(12)4(10)2-8/h2,10-12H,3-4H2,1H3;1,3-6,8-12H,2H2/t;3-,4+,5+,6+/m.0/s1. The van der Waals surface area contributed by atoms with Gasteiger partial charge in [0.25, 0.3) is 0 Å². The van der Waals surface area contributed by atoms with Gasteiger partial charge in [0.05, 0.1) is 25.5 Å². The molecule has 1 heterocycles. The highest BCUT2D eigenvalue weighted by Crippen LogP contribution is 2.23. The van der Waals surface area contributed by atoms with Crippen molar-refractivity contribution in [2.75, 3.05) is 6.61 Å². The molecular formula is C14H23NO9. The molecule has 0 bridgehead atoms. The lowest BCUT2D eigenvalue weighted by atomic mass is 10.0. The molecule has 0 radical (unpaired) electrons. The summed E-state index contributed by atoms with van der Waals surface area (Å²) in [7, 11) is 0. The van der Waals surface area contributed by atoms with E-state index in [4.69, 9.17) is 35.7 Å². The van der Waals surface area contributed by atoms with Crippen molar-refractivity contribution in [3.05, 3.63) is 23.0 Å². The van der Waals surface area contributed by atoms with E-state index in [0.717, 1.165) is 0 Å². The minimum Gasteiger partial charge on any atom is -0.506 e. The number of hydrogen-bond donors (Lipinski definition) is 8. The molecule has 8 N–H and O–H groups in total. The first kappa shape index (κ1) is 22.3. The number of rotatable bonds is 7. The van der Waals surface area contributed by atoms with E-state index >= 15 is 0 Å². The molecule has 1 rings (SSSR count). The number of nitrogens with zero attached hydrogens (tertiary/aromatic N) is 1. The maximum Gasteiger partial charge on any atom is 0.151 e. The molecule has 4 atom stereocenters. The number of pyridine rings is 1. The summed E-state index contributed by atoms with van der Waals surface area (Å²) in [5.41, 5.74) is 1.27. The van der Waals surface area contributed by atoms with E-state index in [2.05, 4.69) is 4.98 Å². The third-order valence-electron chi connectivity index (χ3n) is 3.18. The van der Waals surface area contributed by atoms with E-state index in [1.165, 1.54) is 6.20 Å². The molecule has 10 heteroatoms. The van der Waals surface area contributed by atoms with Crippen LogP contribution in [0.3, 0.4) is 0 Å². The van der Waals surface area contributed by atoms with Gasteiger partial charge in [-0.05, 0) is 6.92 Å². The number of aromatic hydroxyl groups is 1. The van der Waals surface area contributed by atoms with Crippen LogP contribution in [-0.2, 0) is 18.0 Å². The topological polar surface area (TPSA) is 192 Å². The Labute approximate surface area is 137 Å². The molecule has 0 aliphatic carbocycles. The fourth-order valence-electron chi connectivity index (χ4n) is 1.62. The molecule has 1 aromatic rings. The second-order valence-electron chi connectivity index (χ2n) is 4.87. The Hall–Kier alpha value is -1.66. The summed E-state index contributed by atoms with van der Waals surface area (Å²) in [6, 6.07) is 0. The average molecular weight is 349 g/mol. The molecule has 0 fully saturated rings. The van der Waals surface area contributed by atoms with E-state index in [0.29, 0.717) is 16.8 Å². The van der Waals surface area contributed by atoms with Crippen LogP contribution >= 0.6 is 0 Å². The van der Waals surface area contributed by atoms with Crippen molar-refractivity contribution in [2.45, 2.75) is 44.6 Å².